The molecular formula is C22H24Br3N3O. The summed E-state index contributed by atoms with van der Waals surface area (Å²) < 4.78 is 5.29. The Labute approximate surface area is 196 Å². The molecule has 7 heteroatoms. The van der Waals surface area contributed by atoms with Gasteiger partial charge in [-0.3, -0.25) is 4.57 Å². The van der Waals surface area contributed by atoms with Gasteiger partial charge < -0.3 is 10.0 Å². The summed E-state index contributed by atoms with van der Waals surface area (Å²) in [5.41, 5.74) is 6.79. The van der Waals surface area contributed by atoms with Crippen LogP contribution in [0.3, 0.4) is 0 Å². The zero-order chi connectivity index (χ0) is 20.9. The standard InChI is InChI=1S/C22H24Br3N3O/c1-12-8-20(27-6-4-15(11-29)5-7-27)21-13(2)14(3)28(22(21)26-12)19-10-17(24)16(23)9-18(19)25/h8-10,15,29H,4-7,11H2,1-3H3. The summed E-state index contributed by atoms with van der Waals surface area (Å²) in [6.45, 7) is 8.66. The molecule has 4 nitrogen and oxygen atoms in total. The van der Waals surface area contributed by atoms with Gasteiger partial charge in [0.2, 0.25) is 0 Å². The largest absolute Gasteiger partial charge is 0.396 e. The maximum atomic E-state index is 9.50. The number of aliphatic hydroxyl groups is 1. The maximum absolute atomic E-state index is 9.50. The fourth-order valence-electron chi connectivity index (χ4n) is 4.25. The molecule has 4 rings (SSSR count). The van der Waals surface area contributed by atoms with Gasteiger partial charge in [0.25, 0.3) is 0 Å². The molecule has 0 aliphatic carbocycles. The fourth-order valence-corrected chi connectivity index (χ4v) is 5.76. The fraction of sp³-hybridized carbons (Fsp3) is 0.409. The van der Waals surface area contributed by atoms with Crippen LogP contribution in [0.15, 0.2) is 31.6 Å². The van der Waals surface area contributed by atoms with Gasteiger partial charge in [-0.25, -0.2) is 4.98 Å². The zero-order valence-corrected chi connectivity index (χ0v) is 21.5. The van der Waals surface area contributed by atoms with Crippen molar-refractivity contribution in [3.8, 4) is 5.69 Å². The summed E-state index contributed by atoms with van der Waals surface area (Å²) >= 11 is 11.0. The van der Waals surface area contributed by atoms with Crippen LogP contribution in [-0.2, 0) is 0 Å². The van der Waals surface area contributed by atoms with Crippen molar-refractivity contribution < 1.29 is 5.11 Å². The Morgan fingerprint density at radius 3 is 2.28 bits per heavy atom. The number of aromatic nitrogens is 2. The third-order valence-corrected chi connectivity index (χ3v) is 8.50. The monoisotopic (exact) mass is 583 g/mol. The molecule has 29 heavy (non-hydrogen) atoms. The number of piperidine rings is 1. The van der Waals surface area contributed by atoms with E-state index >= 15 is 0 Å². The van der Waals surface area contributed by atoms with Crippen molar-refractivity contribution in [2.24, 2.45) is 5.92 Å². The average molecular weight is 586 g/mol. The number of anilines is 1. The van der Waals surface area contributed by atoms with Crippen LogP contribution < -0.4 is 4.90 Å². The lowest BCUT2D eigenvalue weighted by Gasteiger charge is -2.33. The van der Waals surface area contributed by atoms with Gasteiger partial charge in [-0.05, 0) is 111 Å². The Morgan fingerprint density at radius 2 is 1.62 bits per heavy atom. The third kappa shape index (κ3) is 3.80. The van der Waals surface area contributed by atoms with Gasteiger partial charge in [-0.2, -0.15) is 0 Å². The van der Waals surface area contributed by atoms with Crippen molar-refractivity contribution in [2.75, 3.05) is 24.6 Å². The lowest BCUT2D eigenvalue weighted by molar-refractivity contribution is 0.203. The minimum atomic E-state index is 0.291. The van der Waals surface area contributed by atoms with Crippen LogP contribution in [0.1, 0.15) is 29.8 Å². The van der Waals surface area contributed by atoms with Crippen molar-refractivity contribution in [3.63, 3.8) is 0 Å². The number of aliphatic hydroxyl groups excluding tert-OH is 1. The second-order valence-corrected chi connectivity index (χ2v) is 10.4. The van der Waals surface area contributed by atoms with Gasteiger partial charge >= 0.3 is 0 Å². The molecular weight excluding hydrogens is 562 g/mol. The van der Waals surface area contributed by atoms with Gasteiger partial charge in [-0.1, -0.05) is 0 Å². The molecule has 3 aromatic rings. The topological polar surface area (TPSA) is 41.3 Å². The van der Waals surface area contributed by atoms with E-state index in [-0.39, 0.29) is 0 Å². The molecule has 0 saturated carbocycles. The molecule has 154 valence electrons. The molecule has 0 atom stereocenters. The molecule has 2 aromatic heterocycles. The molecule has 3 heterocycles. The molecule has 0 bridgehead atoms. The van der Waals surface area contributed by atoms with E-state index in [4.69, 9.17) is 4.98 Å². The third-order valence-electron chi connectivity index (χ3n) is 6.02. The molecule has 1 fully saturated rings. The Balaban J connectivity index is 1.92. The second kappa shape index (κ2) is 8.33. The zero-order valence-electron chi connectivity index (χ0n) is 16.8. The van der Waals surface area contributed by atoms with E-state index in [0.717, 1.165) is 56.4 Å². The molecule has 0 spiro atoms. The number of halogens is 3. The molecule has 1 N–H and O–H groups in total. The van der Waals surface area contributed by atoms with Crippen LogP contribution in [0.25, 0.3) is 16.7 Å². The van der Waals surface area contributed by atoms with Crippen LogP contribution in [0.2, 0.25) is 0 Å². The van der Waals surface area contributed by atoms with Gasteiger partial charge in [-0.15, -0.1) is 0 Å². The summed E-state index contributed by atoms with van der Waals surface area (Å²) in [6.07, 6.45) is 2.06. The van der Waals surface area contributed by atoms with E-state index in [0.29, 0.717) is 12.5 Å². The number of hydrogen-bond donors (Lipinski definition) is 1. The molecule has 1 aliphatic rings. The quantitative estimate of drug-likeness (QED) is 0.359. The van der Waals surface area contributed by atoms with Crippen molar-refractivity contribution in [3.05, 3.63) is 48.6 Å². The summed E-state index contributed by atoms with van der Waals surface area (Å²) in [5, 5.41) is 10.7. The number of benzene rings is 1. The van der Waals surface area contributed by atoms with E-state index in [1.165, 1.54) is 22.3 Å². The number of aryl methyl sites for hydroxylation is 2. The number of hydrogen-bond acceptors (Lipinski definition) is 3. The van der Waals surface area contributed by atoms with E-state index in [1.54, 1.807) is 0 Å². The Bertz CT molecular complexity index is 1090. The van der Waals surface area contributed by atoms with Crippen molar-refractivity contribution in [1.29, 1.82) is 0 Å². The van der Waals surface area contributed by atoms with Crippen LogP contribution in [0.4, 0.5) is 5.69 Å². The Morgan fingerprint density at radius 1 is 0.966 bits per heavy atom. The highest BCUT2D eigenvalue weighted by Crippen LogP contribution is 2.39. The maximum Gasteiger partial charge on any atom is 0.147 e. The second-order valence-electron chi connectivity index (χ2n) is 7.86. The van der Waals surface area contributed by atoms with Crippen molar-refractivity contribution in [1.82, 2.24) is 9.55 Å². The number of fused-ring (bicyclic) bond motifs is 1. The van der Waals surface area contributed by atoms with Crippen LogP contribution in [0.5, 0.6) is 0 Å². The van der Waals surface area contributed by atoms with Gasteiger partial charge in [0.15, 0.2) is 0 Å². The molecule has 1 aliphatic heterocycles. The minimum Gasteiger partial charge on any atom is -0.396 e. The highest BCUT2D eigenvalue weighted by molar-refractivity contribution is 9.13. The molecule has 1 aromatic carbocycles. The summed E-state index contributed by atoms with van der Waals surface area (Å²) in [7, 11) is 0. The number of nitrogens with zero attached hydrogens (tertiary/aromatic N) is 3. The predicted molar refractivity (Wildman–Crippen MR) is 130 cm³/mol. The first-order valence-electron chi connectivity index (χ1n) is 9.81. The molecule has 0 amide bonds. The highest BCUT2D eigenvalue weighted by atomic mass is 79.9. The summed E-state index contributed by atoms with van der Waals surface area (Å²) in [4.78, 5) is 7.43. The van der Waals surface area contributed by atoms with Crippen molar-refractivity contribution >= 4 is 64.5 Å². The van der Waals surface area contributed by atoms with Gasteiger partial charge in [0.05, 0.1) is 5.69 Å². The van der Waals surface area contributed by atoms with Gasteiger partial charge in [0.1, 0.15) is 5.65 Å². The Hall–Kier alpha value is -0.890. The molecule has 0 radical (unpaired) electrons. The predicted octanol–water partition coefficient (Wildman–Crippen LogP) is 6.45. The SMILES string of the molecule is Cc1cc(N2CCC(CO)CC2)c2c(C)c(C)n(-c3cc(Br)c(Br)cc3Br)c2n1. The van der Waals surface area contributed by atoms with Crippen LogP contribution in [0, 0.1) is 26.7 Å². The van der Waals surface area contributed by atoms with Crippen LogP contribution in [-0.4, -0.2) is 34.4 Å². The first kappa shape index (κ1) is 21.3. The first-order chi connectivity index (χ1) is 13.8. The molecule has 0 unspecified atom stereocenters. The highest BCUT2D eigenvalue weighted by Gasteiger charge is 2.25. The van der Waals surface area contributed by atoms with Crippen LogP contribution >= 0.6 is 47.8 Å². The number of rotatable bonds is 3. The first-order valence-corrected chi connectivity index (χ1v) is 12.2. The number of pyridine rings is 1. The smallest absolute Gasteiger partial charge is 0.147 e. The van der Waals surface area contributed by atoms with E-state index in [9.17, 15) is 5.11 Å². The lowest BCUT2D eigenvalue weighted by atomic mass is 9.97. The summed E-state index contributed by atoms with van der Waals surface area (Å²) in [6, 6.07) is 6.40. The van der Waals surface area contributed by atoms with Crippen molar-refractivity contribution in [2.45, 2.75) is 33.6 Å². The summed E-state index contributed by atoms with van der Waals surface area (Å²) in [5.74, 6) is 0.424. The average Bonchev–Trinajstić information content (AvgIpc) is 2.94. The van der Waals surface area contributed by atoms with E-state index in [1.807, 2.05) is 0 Å². The van der Waals surface area contributed by atoms with E-state index < -0.39 is 0 Å². The van der Waals surface area contributed by atoms with E-state index in [2.05, 4.69) is 96.2 Å². The minimum absolute atomic E-state index is 0.291. The van der Waals surface area contributed by atoms with Gasteiger partial charge in [0, 0.05) is 55.6 Å². The Kier molecular flexibility index (Phi) is 6.13. The lowest BCUT2D eigenvalue weighted by Crippen LogP contribution is -2.35. The normalized spacial score (nSPS) is 15.5. The molecule has 1 saturated heterocycles.